The predicted octanol–water partition coefficient (Wildman–Crippen LogP) is 8.67. The maximum atomic E-state index is 14.8. The number of ether oxygens (including phenoxy) is 1. The third-order valence-electron chi connectivity index (χ3n) is 7.12. The van der Waals surface area contributed by atoms with Gasteiger partial charge in [-0.25, -0.2) is 23.1 Å². The van der Waals surface area contributed by atoms with Gasteiger partial charge in [0.05, 0.1) is 23.7 Å². The quantitative estimate of drug-likeness (QED) is 0.152. The Hall–Kier alpha value is -3.12. The summed E-state index contributed by atoms with van der Waals surface area (Å²) in [5, 5.41) is -0.846. The number of rotatable bonds is 9. The molecular weight excluding hydrogens is 518 g/mol. The number of unbranched alkanes of at least 4 members (excludes halogenated alkanes) is 3. The first kappa shape index (κ1) is 28.9. The normalized spacial score (nSPS) is 17.7. The third-order valence-corrected chi connectivity index (χ3v) is 7.12. The molecule has 1 fully saturated rings. The van der Waals surface area contributed by atoms with Crippen molar-refractivity contribution >= 4 is 10.8 Å². The average Bonchev–Trinajstić information content (AvgIpc) is 2.89. The van der Waals surface area contributed by atoms with Crippen LogP contribution in [0.3, 0.4) is 0 Å². The molecule has 1 aliphatic rings. The van der Waals surface area contributed by atoms with Gasteiger partial charge in [0.15, 0.2) is 11.6 Å². The van der Waals surface area contributed by atoms with Crippen molar-refractivity contribution in [1.29, 1.82) is 0 Å². The van der Waals surface area contributed by atoms with Gasteiger partial charge in [-0.1, -0.05) is 44.9 Å². The van der Waals surface area contributed by atoms with Crippen LogP contribution in [0.2, 0.25) is 0 Å². The average molecular weight is 549 g/mol. The van der Waals surface area contributed by atoms with Crippen molar-refractivity contribution in [2.75, 3.05) is 0 Å². The van der Waals surface area contributed by atoms with Crippen LogP contribution in [0, 0.1) is 35.2 Å². The first-order chi connectivity index (χ1) is 18.6. The number of hydrogen-bond donors (Lipinski definition) is 0. The lowest BCUT2D eigenvalue weighted by Gasteiger charge is -2.28. The summed E-state index contributed by atoms with van der Waals surface area (Å²) in [6, 6.07) is 2.97. The van der Waals surface area contributed by atoms with Crippen LogP contribution in [-0.2, 0) is 11.3 Å². The summed E-state index contributed by atoms with van der Waals surface area (Å²) < 4.78 is 87.0. The Balaban J connectivity index is 1.39. The van der Waals surface area contributed by atoms with Gasteiger partial charge in [0.1, 0.15) is 11.6 Å². The number of fused-ring (bicyclic) bond motifs is 1. The van der Waals surface area contributed by atoms with Crippen molar-refractivity contribution in [1.82, 2.24) is 9.97 Å². The molecule has 0 radical (unpaired) electrons. The summed E-state index contributed by atoms with van der Waals surface area (Å²) in [5.74, 6) is -0.776. The summed E-state index contributed by atoms with van der Waals surface area (Å²) in [7, 11) is 0. The summed E-state index contributed by atoms with van der Waals surface area (Å²) in [4.78, 5) is 8.50. The fourth-order valence-electron chi connectivity index (χ4n) is 5.03. The van der Waals surface area contributed by atoms with Crippen LogP contribution in [0.5, 0.6) is 0 Å². The van der Waals surface area contributed by atoms with Gasteiger partial charge in [-0.15, -0.1) is 0 Å². The zero-order chi connectivity index (χ0) is 28.0. The molecule has 0 amide bonds. The molecule has 0 unspecified atom stereocenters. The fraction of sp³-hybridized carbons (Fsp3) is 0.467. The smallest absolute Gasteiger partial charge is 0.373 e. The van der Waals surface area contributed by atoms with Gasteiger partial charge < -0.3 is 4.74 Å². The standard InChI is InChI=1S/C30H30F6N2O/c1-2-3-4-5-6-19-7-9-23(10-8-19)39-18-20-16-37-29(38-17-20)22-13-21-14-25(31)24(11-12-30(34,35)36)28(33)27(21)26(32)15-22/h13-17,19,23H,2-10,18H2,1H3. The molecule has 0 atom stereocenters. The monoisotopic (exact) mass is 548 g/mol. The van der Waals surface area contributed by atoms with Crippen LogP contribution < -0.4 is 0 Å². The molecule has 39 heavy (non-hydrogen) atoms. The Morgan fingerprint density at radius 2 is 1.64 bits per heavy atom. The van der Waals surface area contributed by atoms with Crippen LogP contribution in [0.25, 0.3) is 22.2 Å². The second kappa shape index (κ2) is 12.8. The first-order valence-corrected chi connectivity index (χ1v) is 13.3. The number of aromatic nitrogens is 2. The topological polar surface area (TPSA) is 35.0 Å². The number of hydrogen-bond acceptors (Lipinski definition) is 3. The van der Waals surface area contributed by atoms with Gasteiger partial charge >= 0.3 is 6.18 Å². The molecule has 1 saturated carbocycles. The maximum absolute atomic E-state index is 14.8. The summed E-state index contributed by atoms with van der Waals surface area (Å²) in [6.45, 7) is 2.56. The lowest BCUT2D eigenvalue weighted by atomic mass is 9.84. The minimum Gasteiger partial charge on any atom is -0.373 e. The lowest BCUT2D eigenvalue weighted by molar-refractivity contribution is -0.0696. The molecule has 0 N–H and O–H groups in total. The van der Waals surface area contributed by atoms with Gasteiger partial charge in [-0.2, -0.15) is 13.2 Å². The Morgan fingerprint density at radius 1 is 0.923 bits per heavy atom. The molecule has 0 spiro atoms. The van der Waals surface area contributed by atoms with E-state index in [0.717, 1.165) is 42.4 Å². The van der Waals surface area contributed by atoms with Gasteiger partial charge in [0, 0.05) is 29.4 Å². The fourth-order valence-corrected chi connectivity index (χ4v) is 5.03. The van der Waals surface area contributed by atoms with E-state index in [-0.39, 0.29) is 22.9 Å². The minimum atomic E-state index is -4.95. The van der Waals surface area contributed by atoms with Gasteiger partial charge in [-0.05, 0) is 55.2 Å². The van der Waals surface area contributed by atoms with Crippen molar-refractivity contribution in [2.45, 2.75) is 83.6 Å². The zero-order valence-electron chi connectivity index (χ0n) is 21.7. The maximum Gasteiger partial charge on any atom is 0.458 e. The Kier molecular flexibility index (Phi) is 9.49. The molecule has 1 aliphatic carbocycles. The van der Waals surface area contributed by atoms with E-state index in [9.17, 15) is 26.3 Å². The molecule has 0 aliphatic heterocycles. The Labute approximate surface area is 224 Å². The van der Waals surface area contributed by atoms with Crippen molar-refractivity contribution in [2.24, 2.45) is 5.92 Å². The van der Waals surface area contributed by atoms with E-state index in [2.05, 4.69) is 16.9 Å². The number of alkyl halides is 3. The Morgan fingerprint density at radius 3 is 2.31 bits per heavy atom. The minimum absolute atomic E-state index is 0.130. The molecule has 3 aromatic rings. The molecule has 1 heterocycles. The van der Waals surface area contributed by atoms with Gasteiger partial charge in [0.25, 0.3) is 0 Å². The highest BCUT2D eigenvalue weighted by Crippen LogP contribution is 2.32. The van der Waals surface area contributed by atoms with Crippen LogP contribution in [0.1, 0.15) is 75.8 Å². The SMILES string of the molecule is CCCCCCC1CCC(OCc2cnc(-c3cc(F)c4c(F)c(C#CC(F)(F)F)c(F)cc4c3)nc2)CC1. The van der Waals surface area contributed by atoms with Crippen LogP contribution in [-0.4, -0.2) is 22.2 Å². The van der Waals surface area contributed by atoms with Crippen LogP contribution in [0.15, 0.2) is 30.6 Å². The van der Waals surface area contributed by atoms with Gasteiger partial charge in [-0.3, -0.25) is 0 Å². The molecule has 1 aromatic heterocycles. The van der Waals surface area contributed by atoms with E-state index in [4.69, 9.17) is 4.74 Å². The molecule has 0 bridgehead atoms. The van der Waals surface area contributed by atoms with Crippen LogP contribution >= 0.6 is 0 Å². The Bertz CT molecular complexity index is 1340. The summed E-state index contributed by atoms with van der Waals surface area (Å²) in [5.41, 5.74) is -0.239. The summed E-state index contributed by atoms with van der Waals surface area (Å²) in [6.07, 6.45) is 9.24. The molecule has 0 saturated heterocycles. The van der Waals surface area contributed by atoms with Crippen LogP contribution in [0.4, 0.5) is 26.3 Å². The van der Waals surface area contributed by atoms with E-state index in [1.54, 1.807) is 12.4 Å². The molecule has 9 heteroatoms. The molecule has 2 aromatic carbocycles. The highest BCUT2D eigenvalue weighted by Gasteiger charge is 2.25. The number of halogens is 6. The first-order valence-electron chi connectivity index (χ1n) is 13.3. The highest BCUT2D eigenvalue weighted by atomic mass is 19.4. The molecule has 4 rings (SSSR count). The highest BCUT2D eigenvalue weighted by molar-refractivity contribution is 5.89. The second-order valence-electron chi connectivity index (χ2n) is 10.1. The molecular formula is C30H30F6N2O. The van der Waals surface area contributed by atoms with Crippen molar-refractivity contribution < 1.29 is 31.1 Å². The van der Waals surface area contributed by atoms with E-state index in [1.165, 1.54) is 56.9 Å². The van der Waals surface area contributed by atoms with Crippen molar-refractivity contribution in [3.8, 4) is 23.2 Å². The van der Waals surface area contributed by atoms with E-state index in [0.29, 0.717) is 6.61 Å². The lowest BCUT2D eigenvalue weighted by Crippen LogP contribution is -2.21. The number of nitrogens with zero attached hydrogens (tertiary/aromatic N) is 2. The molecule has 208 valence electrons. The zero-order valence-corrected chi connectivity index (χ0v) is 21.7. The second-order valence-corrected chi connectivity index (χ2v) is 10.1. The summed E-state index contributed by atoms with van der Waals surface area (Å²) >= 11 is 0. The third kappa shape index (κ3) is 7.72. The van der Waals surface area contributed by atoms with E-state index < -0.39 is 34.6 Å². The van der Waals surface area contributed by atoms with E-state index in [1.807, 2.05) is 0 Å². The predicted molar refractivity (Wildman–Crippen MR) is 137 cm³/mol. The largest absolute Gasteiger partial charge is 0.458 e. The van der Waals surface area contributed by atoms with Crippen molar-refractivity contribution in [3.63, 3.8) is 0 Å². The van der Waals surface area contributed by atoms with Crippen molar-refractivity contribution in [3.05, 3.63) is 59.2 Å². The molecule has 3 nitrogen and oxygen atoms in total. The van der Waals surface area contributed by atoms with E-state index >= 15 is 0 Å². The number of benzene rings is 2. The van der Waals surface area contributed by atoms with Gasteiger partial charge in [0.2, 0.25) is 0 Å².